The Balaban J connectivity index is 1.85. The Bertz CT molecular complexity index is 1130. The number of nitrogens with zero attached hydrogens (tertiary/aromatic N) is 1. The van der Waals surface area contributed by atoms with Crippen molar-refractivity contribution < 1.29 is 8.78 Å². The Hall–Kier alpha value is -2.61. The topological polar surface area (TPSA) is 80.7 Å². The number of aromatic amines is 1. The highest BCUT2D eigenvalue weighted by atomic mass is 32.1. The van der Waals surface area contributed by atoms with Crippen molar-refractivity contribution in [2.45, 2.75) is 12.5 Å². The summed E-state index contributed by atoms with van der Waals surface area (Å²) in [7, 11) is 0. The number of halogens is 2. The van der Waals surface area contributed by atoms with Gasteiger partial charge in [0.05, 0.1) is 22.9 Å². The molecule has 0 aliphatic carbocycles. The Morgan fingerprint density at radius 2 is 1.96 bits per heavy atom. The van der Waals surface area contributed by atoms with Crippen LogP contribution < -0.4 is 11.5 Å². The molecule has 7 heteroatoms. The second-order valence-corrected chi connectivity index (χ2v) is 7.66. The van der Waals surface area contributed by atoms with Crippen molar-refractivity contribution in [3.05, 3.63) is 75.7 Å². The standard InChI is InChI=1S/C20H18F2N4S/c1-11-6-12(8-27-11)14-3-4-15(19(22)18(14)21)20(24,9-23)13-2-5-16-17(7-13)26-10-25-16/h2-8,10H,9,23-24H2,1H3,(H,25,26). The monoisotopic (exact) mass is 384 g/mol. The van der Waals surface area contributed by atoms with Crippen LogP contribution in [0.4, 0.5) is 8.78 Å². The van der Waals surface area contributed by atoms with Crippen molar-refractivity contribution in [1.29, 1.82) is 0 Å². The summed E-state index contributed by atoms with van der Waals surface area (Å²) in [5, 5.41) is 1.80. The van der Waals surface area contributed by atoms with Crippen molar-refractivity contribution in [3.8, 4) is 11.1 Å². The van der Waals surface area contributed by atoms with Crippen molar-refractivity contribution in [2.75, 3.05) is 6.54 Å². The molecule has 138 valence electrons. The molecular formula is C20H18F2N4S. The highest BCUT2D eigenvalue weighted by Gasteiger charge is 2.33. The lowest BCUT2D eigenvalue weighted by Crippen LogP contribution is -2.46. The molecule has 5 N–H and O–H groups in total. The number of rotatable bonds is 4. The van der Waals surface area contributed by atoms with Crippen LogP contribution in [-0.4, -0.2) is 16.5 Å². The van der Waals surface area contributed by atoms with E-state index in [4.69, 9.17) is 11.5 Å². The Morgan fingerprint density at radius 3 is 2.67 bits per heavy atom. The van der Waals surface area contributed by atoms with E-state index in [9.17, 15) is 4.39 Å². The van der Waals surface area contributed by atoms with Gasteiger partial charge in [0.15, 0.2) is 11.6 Å². The second kappa shape index (κ2) is 6.53. The third-order valence-corrected chi connectivity index (χ3v) is 5.72. The van der Waals surface area contributed by atoms with Crippen LogP contribution in [0.1, 0.15) is 16.0 Å². The first-order valence-electron chi connectivity index (χ1n) is 8.40. The summed E-state index contributed by atoms with van der Waals surface area (Å²) in [6.45, 7) is 1.83. The molecule has 0 fully saturated rings. The summed E-state index contributed by atoms with van der Waals surface area (Å²) in [6, 6.07) is 10.2. The smallest absolute Gasteiger partial charge is 0.167 e. The number of imidazole rings is 1. The van der Waals surface area contributed by atoms with E-state index in [-0.39, 0.29) is 17.7 Å². The third-order valence-electron chi connectivity index (χ3n) is 4.86. The van der Waals surface area contributed by atoms with Gasteiger partial charge in [0, 0.05) is 22.5 Å². The van der Waals surface area contributed by atoms with Gasteiger partial charge in [0.1, 0.15) is 0 Å². The van der Waals surface area contributed by atoms with Gasteiger partial charge in [0.2, 0.25) is 0 Å². The van der Waals surface area contributed by atoms with Gasteiger partial charge >= 0.3 is 0 Å². The lowest BCUT2D eigenvalue weighted by Gasteiger charge is -2.30. The minimum Gasteiger partial charge on any atom is -0.345 e. The maximum atomic E-state index is 15.0. The molecule has 0 saturated carbocycles. The van der Waals surface area contributed by atoms with Crippen LogP contribution in [0.15, 0.2) is 48.1 Å². The van der Waals surface area contributed by atoms with Gasteiger partial charge in [0.25, 0.3) is 0 Å². The van der Waals surface area contributed by atoms with Crippen molar-refractivity contribution in [3.63, 3.8) is 0 Å². The van der Waals surface area contributed by atoms with Crippen LogP contribution >= 0.6 is 11.3 Å². The van der Waals surface area contributed by atoms with E-state index in [2.05, 4.69) is 9.97 Å². The van der Waals surface area contributed by atoms with Crippen molar-refractivity contribution in [2.24, 2.45) is 11.5 Å². The number of nitrogens with two attached hydrogens (primary N) is 2. The van der Waals surface area contributed by atoms with E-state index in [1.165, 1.54) is 17.4 Å². The average molecular weight is 384 g/mol. The van der Waals surface area contributed by atoms with Crippen LogP contribution in [0, 0.1) is 18.6 Å². The van der Waals surface area contributed by atoms with Crippen LogP contribution in [0.5, 0.6) is 0 Å². The third kappa shape index (κ3) is 2.84. The number of aryl methyl sites for hydroxylation is 1. The summed E-state index contributed by atoms with van der Waals surface area (Å²) in [4.78, 5) is 8.18. The van der Waals surface area contributed by atoms with Gasteiger partial charge in [-0.2, -0.15) is 0 Å². The molecule has 1 unspecified atom stereocenters. The highest BCUT2D eigenvalue weighted by Crippen LogP contribution is 2.35. The largest absolute Gasteiger partial charge is 0.345 e. The molecule has 4 rings (SSSR count). The molecule has 4 aromatic rings. The van der Waals surface area contributed by atoms with Gasteiger partial charge < -0.3 is 16.5 Å². The molecule has 1 atom stereocenters. The van der Waals surface area contributed by atoms with Crippen LogP contribution in [0.2, 0.25) is 0 Å². The van der Waals surface area contributed by atoms with Gasteiger partial charge in [-0.15, -0.1) is 11.3 Å². The number of nitrogens with one attached hydrogen (secondary N) is 1. The quantitative estimate of drug-likeness (QED) is 0.497. The lowest BCUT2D eigenvalue weighted by atomic mass is 9.82. The molecule has 2 aromatic heterocycles. The molecule has 0 radical (unpaired) electrons. The maximum Gasteiger partial charge on any atom is 0.167 e. The summed E-state index contributed by atoms with van der Waals surface area (Å²) >= 11 is 1.48. The van der Waals surface area contributed by atoms with Crippen molar-refractivity contribution in [1.82, 2.24) is 9.97 Å². The van der Waals surface area contributed by atoms with Crippen LogP contribution in [-0.2, 0) is 5.54 Å². The molecule has 4 nitrogen and oxygen atoms in total. The Kier molecular flexibility index (Phi) is 4.30. The molecule has 0 aliphatic heterocycles. The first-order valence-corrected chi connectivity index (χ1v) is 9.28. The lowest BCUT2D eigenvalue weighted by molar-refractivity contribution is 0.458. The van der Waals surface area contributed by atoms with E-state index in [0.717, 1.165) is 15.9 Å². The molecule has 0 bridgehead atoms. The molecule has 27 heavy (non-hydrogen) atoms. The van der Waals surface area contributed by atoms with E-state index in [1.54, 1.807) is 36.0 Å². The number of fused-ring (bicyclic) bond motifs is 1. The number of hydrogen-bond donors (Lipinski definition) is 3. The normalized spacial score (nSPS) is 13.8. The predicted octanol–water partition coefficient (Wildman–Crippen LogP) is 4.04. The molecule has 0 spiro atoms. The number of benzene rings is 2. The fourth-order valence-corrected chi connectivity index (χ4v) is 4.00. The van der Waals surface area contributed by atoms with E-state index < -0.39 is 17.2 Å². The number of thiophene rings is 1. The van der Waals surface area contributed by atoms with Gasteiger partial charge in [-0.3, -0.25) is 0 Å². The zero-order valence-electron chi connectivity index (χ0n) is 14.6. The Morgan fingerprint density at radius 1 is 1.15 bits per heavy atom. The van der Waals surface area contributed by atoms with E-state index >= 15 is 4.39 Å². The predicted molar refractivity (Wildman–Crippen MR) is 105 cm³/mol. The summed E-state index contributed by atoms with van der Waals surface area (Å²) in [5.74, 6) is -1.90. The number of aromatic nitrogens is 2. The second-order valence-electron chi connectivity index (χ2n) is 6.54. The molecule has 0 saturated heterocycles. The fourth-order valence-electron chi connectivity index (χ4n) is 3.30. The van der Waals surface area contributed by atoms with Crippen LogP contribution in [0.3, 0.4) is 0 Å². The fraction of sp³-hybridized carbons (Fsp3) is 0.150. The van der Waals surface area contributed by atoms with Crippen molar-refractivity contribution >= 4 is 22.4 Å². The summed E-state index contributed by atoms with van der Waals surface area (Å²) in [6.07, 6.45) is 1.56. The SMILES string of the molecule is Cc1cc(-c2ccc(C(N)(CN)c3ccc4nc[nH]c4c3)c(F)c2F)cs1. The molecule has 2 aromatic carbocycles. The Labute approximate surface area is 158 Å². The van der Waals surface area contributed by atoms with E-state index in [1.807, 2.05) is 13.0 Å². The zero-order chi connectivity index (χ0) is 19.2. The summed E-state index contributed by atoms with van der Waals surface area (Å²) in [5.41, 5.74) is 14.0. The maximum absolute atomic E-state index is 15.0. The molecule has 0 aliphatic rings. The molecular weight excluding hydrogens is 366 g/mol. The average Bonchev–Trinajstić information content (AvgIpc) is 3.31. The molecule has 2 heterocycles. The van der Waals surface area contributed by atoms with Crippen LogP contribution in [0.25, 0.3) is 22.2 Å². The van der Waals surface area contributed by atoms with Gasteiger partial charge in [-0.05, 0) is 41.6 Å². The van der Waals surface area contributed by atoms with Gasteiger partial charge in [-0.25, -0.2) is 13.8 Å². The first kappa shape index (κ1) is 17.8. The summed E-state index contributed by atoms with van der Waals surface area (Å²) < 4.78 is 29.9. The molecule has 0 amide bonds. The minimum absolute atomic E-state index is 0.0251. The zero-order valence-corrected chi connectivity index (χ0v) is 15.4. The highest BCUT2D eigenvalue weighted by molar-refractivity contribution is 7.10. The number of hydrogen-bond acceptors (Lipinski definition) is 4. The number of H-pyrrole nitrogens is 1. The van der Waals surface area contributed by atoms with E-state index in [0.29, 0.717) is 11.1 Å². The van der Waals surface area contributed by atoms with Gasteiger partial charge in [-0.1, -0.05) is 18.2 Å². The minimum atomic E-state index is -1.37. The first-order chi connectivity index (χ1) is 12.9.